The first-order chi connectivity index (χ1) is 10.8. The Morgan fingerprint density at radius 3 is 2.43 bits per heavy atom. The fourth-order valence-electron chi connectivity index (χ4n) is 2.18. The molecule has 0 spiro atoms. The van der Waals surface area contributed by atoms with Gasteiger partial charge in [0.2, 0.25) is 5.88 Å². The number of nitrogens with zero attached hydrogens (tertiary/aromatic N) is 2. The summed E-state index contributed by atoms with van der Waals surface area (Å²) in [5.41, 5.74) is 2.51. The van der Waals surface area contributed by atoms with Crippen LogP contribution in [0.3, 0.4) is 0 Å². The summed E-state index contributed by atoms with van der Waals surface area (Å²) >= 11 is 0. The van der Waals surface area contributed by atoms with Crippen LogP contribution in [0, 0.1) is 6.92 Å². The number of rotatable bonds is 3. The highest BCUT2D eigenvalue weighted by Crippen LogP contribution is 2.36. The second kappa shape index (κ2) is 5.49. The quantitative estimate of drug-likeness (QED) is 0.715. The number of aromatic nitrogens is 1. The van der Waals surface area contributed by atoms with Gasteiger partial charge in [0.25, 0.3) is 10.0 Å². The molecule has 8 heteroatoms. The van der Waals surface area contributed by atoms with Crippen molar-refractivity contribution in [3.05, 3.63) is 48.0 Å². The van der Waals surface area contributed by atoms with Crippen LogP contribution in [0.5, 0.6) is 5.88 Å². The van der Waals surface area contributed by atoms with E-state index in [-0.39, 0.29) is 10.8 Å². The molecule has 23 heavy (non-hydrogen) atoms. The van der Waals surface area contributed by atoms with Crippen LogP contribution < -0.4 is 5.14 Å². The molecule has 1 radical (unpaired) electrons. The van der Waals surface area contributed by atoms with Gasteiger partial charge < -0.3 is 10.1 Å². The van der Waals surface area contributed by atoms with Crippen molar-refractivity contribution >= 4 is 32.3 Å². The number of azo groups is 1. The Hall–Kier alpha value is -2.71. The van der Waals surface area contributed by atoms with Crippen LogP contribution in [0.2, 0.25) is 0 Å². The Balaban J connectivity index is 1.97. The number of sulfonamides is 1. The topological polar surface area (TPSA) is 119 Å². The van der Waals surface area contributed by atoms with E-state index >= 15 is 0 Å². The Kier molecular flexibility index (Phi) is 3.63. The van der Waals surface area contributed by atoms with Gasteiger partial charge in [-0.2, -0.15) is 5.11 Å². The Morgan fingerprint density at radius 2 is 1.78 bits per heavy atom. The first-order valence-electron chi connectivity index (χ1n) is 6.67. The lowest BCUT2D eigenvalue weighted by Gasteiger charge is -1.97. The molecule has 0 saturated heterocycles. The van der Waals surface area contributed by atoms with Crippen molar-refractivity contribution < 1.29 is 13.5 Å². The predicted molar refractivity (Wildman–Crippen MR) is 85.6 cm³/mol. The van der Waals surface area contributed by atoms with Gasteiger partial charge in [0.15, 0.2) is 5.69 Å². The maximum absolute atomic E-state index is 11.1. The van der Waals surface area contributed by atoms with Gasteiger partial charge in [0, 0.05) is 5.39 Å². The standard InChI is InChI=1S/C15H13N4O3S/c1-9-2-7-13-12(8-9)14(15(20)17-13)19-18-10-3-5-11(6-4-10)23(16,21)22/h2-8,16-17,20H,1H3. The van der Waals surface area contributed by atoms with Crippen LogP contribution in [0.1, 0.15) is 5.56 Å². The first-order valence-corrected chi connectivity index (χ1v) is 8.15. The lowest BCUT2D eigenvalue weighted by molar-refractivity contribution is 0.459. The van der Waals surface area contributed by atoms with E-state index in [0.717, 1.165) is 16.5 Å². The number of benzene rings is 2. The molecule has 0 unspecified atom stereocenters. The summed E-state index contributed by atoms with van der Waals surface area (Å²) in [6, 6.07) is 11.1. The number of fused-ring (bicyclic) bond motifs is 1. The highest BCUT2D eigenvalue weighted by molar-refractivity contribution is 7.88. The molecule has 7 nitrogen and oxygen atoms in total. The highest BCUT2D eigenvalue weighted by Gasteiger charge is 2.11. The summed E-state index contributed by atoms with van der Waals surface area (Å²) in [4.78, 5) is 2.71. The van der Waals surface area contributed by atoms with Crippen molar-refractivity contribution in [2.24, 2.45) is 10.2 Å². The predicted octanol–water partition coefficient (Wildman–Crippen LogP) is 3.57. The van der Waals surface area contributed by atoms with Gasteiger partial charge in [-0.15, -0.1) is 10.3 Å². The fourth-order valence-corrected chi connectivity index (χ4v) is 2.67. The zero-order chi connectivity index (χ0) is 16.6. The van der Waals surface area contributed by atoms with Crippen LogP contribution in [-0.2, 0) is 10.0 Å². The molecule has 0 fully saturated rings. The van der Waals surface area contributed by atoms with E-state index in [1.807, 2.05) is 25.1 Å². The molecule has 1 heterocycles. The maximum Gasteiger partial charge on any atom is 0.254 e. The average molecular weight is 329 g/mol. The molecule has 3 N–H and O–H groups in total. The van der Waals surface area contributed by atoms with Crippen molar-refractivity contribution in [2.45, 2.75) is 11.8 Å². The van der Waals surface area contributed by atoms with Crippen LogP contribution in [0.15, 0.2) is 57.6 Å². The van der Waals surface area contributed by atoms with Gasteiger partial charge in [0.05, 0.1) is 16.1 Å². The lowest BCUT2D eigenvalue weighted by atomic mass is 10.2. The van der Waals surface area contributed by atoms with E-state index in [2.05, 4.69) is 15.2 Å². The van der Waals surface area contributed by atoms with E-state index in [1.165, 1.54) is 24.3 Å². The molecule has 0 aliphatic carbocycles. The first kappa shape index (κ1) is 15.2. The molecular formula is C15H13N4O3S. The normalized spacial score (nSPS) is 12.3. The summed E-state index contributed by atoms with van der Waals surface area (Å²) in [7, 11) is -3.99. The molecule has 3 rings (SSSR count). The van der Waals surface area contributed by atoms with Crippen LogP contribution >= 0.6 is 0 Å². The lowest BCUT2D eigenvalue weighted by Crippen LogP contribution is -1.99. The van der Waals surface area contributed by atoms with Crippen LogP contribution in [0.4, 0.5) is 11.4 Å². The van der Waals surface area contributed by atoms with Gasteiger partial charge in [-0.25, -0.2) is 8.42 Å². The number of H-pyrrole nitrogens is 1. The zero-order valence-corrected chi connectivity index (χ0v) is 12.9. The van der Waals surface area contributed by atoms with E-state index < -0.39 is 10.0 Å². The maximum atomic E-state index is 11.1. The van der Waals surface area contributed by atoms with E-state index in [9.17, 15) is 13.5 Å². The minimum atomic E-state index is -3.99. The van der Waals surface area contributed by atoms with Gasteiger partial charge in [-0.05, 0) is 43.3 Å². The number of hydrogen-bond donors (Lipinski definition) is 2. The van der Waals surface area contributed by atoms with Gasteiger partial charge in [0.1, 0.15) is 0 Å². The summed E-state index contributed by atoms with van der Waals surface area (Å²) < 4.78 is 22.2. The Morgan fingerprint density at radius 1 is 1.09 bits per heavy atom. The number of aromatic amines is 1. The molecule has 0 aliphatic heterocycles. The molecule has 1 aromatic heterocycles. The monoisotopic (exact) mass is 329 g/mol. The Bertz CT molecular complexity index is 1010. The largest absolute Gasteiger partial charge is 0.493 e. The summed E-state index contributed by atoms with van der Waals surface area (Å²) in [6.07, 6.45) is 0. The average Bonchev–Trinajstić information content (AvgIpc) is 2.79. The van der Waals surface area contributed by atoms with Crippen molar-refractivity contribution in [3.8, 4) is 5.88 Å². The minimum absolute atomic E-state index is 0.0836. The van der Waals surface area contributed by atoms with Crippen LogP contribution in [-0.4, -0.2) is 18.5 Å². The molecule has 117 valence electrons. The van der Waals surface area contributed by atoms with E-state index in [4.69, 9.17) is 5.14 Å². The van der Waals surface area contributed by atoms with Crippen molar-refractivity contribution in [1.29, 1.82) is 0 Å². The number of aryl methyl sites for hydroxylation is 1. The summed E-state index contributed by atoms with van der Waals surface area (Å²) in [5, 5.41) is 25.7. The molecule has 2 aromatic carbocycles. The number of aromatic hydroxyl groups is 1. The third kappa shape index (κ3) is 3.08. The van der Waals surface area contributed by atoms with Gasteiger partial charge in [-0.1, -0.05) is 11.6 Å². The molecule has 0 atom stereocenters. The Labute approximate surface area is 132 Å². The smallest absolute Gasteiger partial charge is 0.254 e. The van der Waals surface area contributed by atoms with Crippen molar-refractivity contribution in [2.75, 3.05) is 0 Å². The molecule has 3 aromatic rings. The highest BCUT2D eigenvalue weighted by atomic mass is 32.2. The summed E-state index contributed by atoms with van der Waals surface area (Å²) in [6.45, 7) is 1.93. The molecular weight excluding hydrogens is 316 g/mol. The third-order valence-corrected chi connectivity index (χ3v) is 4.21. The second-order valence-electron chi connectivity index (χ2n) is 5.07. The SMILES string of the molecule is Cc1ccc2[nH]c(O)c(N=Nc3ccc(S([NH])(=O)=O)cc3)c2c1. The van der Waals surface area contributed by atoms with E-state index in [0.29, 0.717) is 11.4 Å². The molecule has 0 amide bonds. The second-order valence-corrected chi connectivity index (χ2v) is 6.55. The van der Waals surface area contributed by atoms with E-state index in [1.54, 1.807) is 0 Å². The molecule has 0 saturated carbocycles. The summed E-state index contributed by atoms with van der Waals surface area (Å²) in [5.74, 6) is -0.0836. The van der Waals surface area contributed by atoms with Gasteiger partial charge >= 0.3 is 0 Å². The number of nitrogens with one attached hydrogen (secondary N) is 2. The van der Waals surface area contributed by atoms with Crippen molar-refractivity contribution in [3.63, 3.8) is 0 Å². The number of hydrogen-bond acceptors (Lipinski definition) is 5. The van der Waals surface area contributed by atoms with Crippen molar-refractivity contribution in [1.82, 2.24) is 10.1 Å². The molecule has 0 bridgehead atoms. The molecule has 0 aliphatic rings. The van der Waals surface area contributed by atoms with Crippen LogP contribution in [0.25, 0.3) is 10.9 Å². The van der Waals surface area contributed by atoms with Gasteiger partial charge in [-0.3, -0.25) is 0 Å². The fraction of sp³-hybridized carbons (Fsp3) is 0.0667. The third-order valence-electron chi connectivity index (χ3n) is 3.32. The zero-order valence-electron chi connectivity index (χ0n) is 12.1. The minimum Gasteiger partial charge on any atom is -0.493 e.